The second-order valence-corrected chi connectivity index (χ2v) is 17.9. The lowest BCUT2D eigenvalue weighted by atomic mass is 10.00. The van der Waals surface area contributed by atoms with Gasteiger partial charge in [0, 0.05) is 12.8 Å². The van der Waals surface area contributed by atoms with Gasteiger partial charge in [-0.2, -0.15) is 8.42 Å². The number of hydrogen-bond acceptors (Lipinski definition) is 11. The largest absolute Gasteiger partial charge is 0.462 e. The molecule has 4 N–H and O–H groups in total. The number of carbonyl (C=O) groups is 2. The molecule has 6 unspecified atom stereocenters. The molecular formula is C49H84O12S. The van der Waals surface area contributed by atoms with Crippen molar-refractivity contribution in [2.75, 3.05) is 19.0 Å². The minimum atomic E-state index is -4.61. The molecule has 6 atom stereocenters. The van der Waals surface area contributed by atoms with Gasteiger partial charge in [0.25, 0.3) is 10.1 Å². The van der Waals surface area contributed by atoms with Crippen LogP contribution in [0.15, 0.2) is 60.8 Å². The molecule has 0 spiro atoms. The molecule has 0 saturated carbocycles. The van der Waals surface area contributed by atoms with Crippen molar-refractivity contribution in [1.82, 2.24) is 0 Å². The molecule has 0 bridgehead atoms. The number of hydrogen-bond donors (Lipinski definition) is 4. The van der Waals surface area contributed by atoms with Crippen LogP contribution < -0.4 is 0 Å². The number of esters is 2. The van der Waals surface area contributed by atoms with Gasteiger partial charge >= 0.3 is 11.9 Å². The van der Waals surface area contributed by atoms with Crippen LogP contribution in [0.25, 0.3) is 0 Å². The van der Waals surface area contributed by atoms with Crippen molar-refractivity contribution in [1.29, 1.82) is 0 Å². The van der Waals surface area contributed by atoms with Gasteiger partial charge in [-0.3, -0.25) is 14.1 Å². The lowest BCUT2D eigenvalue weighted by Gasteiger charge is -2.40. The zero-order valence-corrected chi connectivity index (χ0v) is 39.0. The third-order valence-electron chi connectivity index (χ3n) is 10.6. The first-order valence-corrected chi connectivity index (χ1v) is 25.5. The van der Waals surface area contributed by atoms with Crippen LogP contribution in [0.3, 0.4) is 0 Å². The fourth-order valence-corrected chi connectivity index (χ4v) is 7.63. The fourth-order valence-electron chi connectivity index (χ4n) is 6.94. The van der Waals surface area contributed by atoms with Gasteiger partial charge in [0.1, 0.15) is 36.8 Å². The minimum absolute atomic E-state index is 0.124. The molecule has 13 heteroatoms. The van der Waals surface area contributed by atoms with Crippen LogP contribution in [0, 0.1) is 0 Å². The van der Waals surface area contributed by atoms with Gasteiger partial charge in [0.2, 0.25) is 0 Å². The summed E-state index contributed by atoms with van der Waals surface area (Å²) in [5.41, 5.74) is 0. The van der Waals surface area contributed by atoms with E-state index in [2.05, 4.69) is 74.6 Å². The van der Waals surface area contributed by atoms with E-state index >= 15 is 0 Å². The molecule has 0 radical (unpaired) electrons. The monoisotopic (exact) mass is 897 g/mol. The van der Waals surface area contributed by atoms with Crippen LogP contribution in [-0.4, -0.2) is 96.0 Å². The summed E-state index contributed by atoms with van der Waals surface area (Å²) in [5, 5.41) is 30.9. The summed E-state index contributed by atoms with van der Waals surface area (Å²) >= 11 is 0. The Morgan fingerprint density at radius 3 is 1.52 bits per heavy atom. The van der Waals surface area contributed by atoms with E-state index in [1.165, 1.54) is 70.6 Å². The SMILES string of the molecule is CC/C=C\C/C=C\C/C=C\C/C=C\C/C=C\CCCCCC(=O)OC(COC(=O)CCCCCCCCCCCCCCCCC)COC1OC(CS(=O)(=O)O)C(O)C(O)C1O. The standard InChI is InChI=1S/C49H84O12S/c1-3-5-7-9-11-13-15-17-19-20-21-22-24-26-28-30-32-34-36-38-45(51)60-42(40-59-49-48(54)47(53)46(52)43(61-49)41-62(55,56)57)39-58-44(50)37-35-33-31-29-27-25-23-18-16-14-12-10-8-6-4-2/h5,7,11,13,17,19,21-22,26,28,42-43,46-49,52-54H,3-4,6,8-10,12,14-16,18,20,23-25,27,29-41H2,1-2H3,(H,55,56,57)/b7-5-,13-11-,19-17-,22-21-,28-26-. The van der Waals surface area contributed by atoms with Crippen molar-refractivity contribution >= 4 is 22.1 Å². The Kier molecular flexibility index (Phi) is 35.9. The second kappa shape index (κ2) is 38.8. The molecule has 1 fully saturated rings. The van der Waals surface area contributed by atoms with Crippen molar-refractivity contribution in [2.24, 2.45) is 0 Å². The summed E-state index contributed by atoms with van der Waals surface area (Å²) in [6.07, 6.45) is 38.3. The van der Waals surface area contributed by atoms with Crippen LogP contribution >= 0.6 is 0 Å². The predicted molar refractivity (Wildman–Crippen MR) is 247 cm³/mol. The van der Waals surface area contributed by atoms with Crippen LogP contribution in [0.5, 0.6) is 0 Å². The van der Waals surface area contributed by atoms with Gasteiger partial charge in [0.05, 0.1) is 6.61 Å². The smallest absolute Gasteiger partial charge is 0.306 e. The van der Waals surface area contributed by atoms with Crippen molar-refractivity contribution in [3.05, 3.63) is 60.8 Å². The first-order valence-electron chi connectivity index (χ1n) is 23.8. The molecule has 1 aliphatic heterocycles. The van der Waals surface area contributed by atoms with E-state index in [4.69, 9.17) is 18.9 Å². The average Bonchev–Trinajstić information content (AvgIpc) is 3.24. The van der Waals surface area contributed by atoms with E-state index in [1.54, 1.807) is 0 Å². The molecular weight excluding hydrogens is 813 g/mol. The van der Waals surface area contributed by atoms with E-state index in [9.17, 15) is 37.9 Å². The normalized spacial score (nSPS) is 20.4. The molecule has 0 amide bonds. The number of aliphatic hydroxyl groups excluding tert-OH is 3. The highest BCUT2D eigenvalue weighted by atomic mass is 32.2. The molecule has 1 rings (SSSR count). The van der Waals surface area contributed by atoms with E-state index in [1.807, 2.05) is 0 Å². The lowest BCUT2D eigenvalue weighted by molar-refractivity contribution is -0.297. The zero-order valence-electron chi connectivity index (χ0n) is 38.2. The molecule has 62 heavy (non-hydrogen) atoms. The molecule has 0 aromatic rings. The Bertz CT molecular complexity index is 1370. The summed E-state index contributed by atoms with van der Waals surface area (Å²) in [7, 11) is -4.61. The van der Waals surface area contributed by atoms with Gasteiger partial charge in [-0.25, -0.2) is 0 Å². The summed E-state index contributed by atoms with van der Waals surface area (Å²) in [6.45, 7) is 3.63. The van der Waals surface area contributed by atoms with Crippen molar-refractivity contribution < 1.29 is 56.8 Å². The van der Waals surface area contributed by atoms with E-state index in [-0.39, 0.29) is 19.4 Å². The molecule has 12 nitrogen and oxygen atoms in total. The predicted octanol–water partition coefficient (Wildman–Crippen LogP) is 10.1. The first kappa shape index (κ1) is 57.4. The highest BCUT2D eigenvalue weighted by Gasteiger charge is 2.46. The van der Waals surface area contributed by atoms with Gasteiger partial charge in [-0.15, -0.1) is 0 Å². The fraction of sp³-hybridized carbons (Fsp3) is 0.755. The number of allylic oxidation sites excluding steroid dienone is 10. The van der Waals surface area contributed by atoms with E-state index < -0.39 is 71.2 Å². The number of aliphatic hydroxyl groups is 3. The Hall–Kier alpha value is -2.65. The molecule has 0 aromatic heterocycles. The molecule has 1 saturated heterocycles. The van der Waals surface area contributed by atoms with Crippen LogP contribution in [0.1, 0.15) is 181 Å². The topological polar surface area (TPSA) is 186 Å². The number of ether oxygens (including phenoxy) is 4. The second-order valence-electron chi connectivity index (χ2n) is 16.4. The van der Waals surface area contributed by atoms with Gasteiger partial charge in [0.15, 0.2) is 12.4 Å². The van der Waals surface area contributed by atoms with Gasteiger partial charge < -0.3 is 34.3 Å². The van der Waals surface area contributed by atoms with E-state index in [0.717, 1.165) is 70.6 Å². The van der Waals surface area contributed by atoms with Crippen LogP contribution in [0.2, 0.25) is 0 Å². The average molecular weight is 897 g/mol. The quantitative estimate of drug-likeness (QED) is 0.0198. The van der Waals surface area contributed by atoms with Gasteiger partial charge in [-0.05, 0) is 57.8 Å². The Morgan fingerprint density at radius 1 is 0.565 bits per heavy atom. The highest BCUT2D eigenvalue weighted by molar-refractivity contribution is 7.85. The summed E-state index contributed by atoms with van der Waals surface area (Å²) < 4.78 is 54.1. The number of unbranched alkanes of at least 4 members (excludes halogenated alkanes) is 17. The summed E-state index contributed by atoms with van der Waals surface area (Å²) in [6, 6.07) is 0. The third kappa shape index (κ3) is 32.9. The number of rotatable bonds is 39. The number of carbonyl (C=O) groups excluding carboxylic acids is 2. The molecule has 1 heterocycles. The van der Waals surface area contributed by atoms with Gasteiger partial charge in [-0.1, -0.05) is 171 Å². The molecule has 358 valence electrons. The summed E-state index contributed by atoms with van der Waals surface area (Å²) in [4.78, 5) is 25.4. The maximum atomic E-state index is 12.8. The lowest BCUT2D eigenvalue weighted by Crippen LogP contribution is -2.60. The Labute approximate surface area is 375 Å². The first-order chi connectivity index (χ1) is 30.0. The molecule has 0 aromatic carbocycles. The van der Waals surface area contributed by atoms with Crippen LogP contribution in [-0.2, 0) is 38.7 Å². The van der Waals surface area contributed by atoms with Crippen LogP contribution in [0.4, 0.5) is 0 Å². The third-order valence-corrected chi connectivity index (χ3v) is 11.4. The zero-order chi connectivity index (χ0) is 45.5. The van der Waals surface area contributed by atoms with Crippen molar-refractivity contribution in [3.63, 3.8) is 0 Å². The molecule has 0 aliphatic carbocycles. The van der Waals surface area contributed by atoms with Crippen molar-refractivity contribution in [2.45, 2.75) is 218 Å². The maximum absolute atomic E-state index is 12.8. The summed E-state index contributed by atoms with van der Waals surface area (Å²) in [5.74, 6) is -2.03. The highest BCUT2D eigenvalue weighted by Crippen LogP contribution is 2.24. The van der Waals surface area contributed by atoms with Crippen molar-refractivity contribution in [3.8, 4) is 0 Å². The Balaban J connectivity index is 2.45. The van der Waals surface area contributed by atoms with E-state index in [0.29, 0.717) is 12.8 Å². The maximum Gasteiger partial charge on any atom is 0.306 e. The minimum Gasteiger partial charge on any atom is -0.462 e. The molecule has 1 aliphatic rings. The Morgan fingerprint density at radius 2 is 1.02 bits per heavy atom.